The first-order valence-electron chi connectivity index (χ1n) is 7.41. The molecule has 1 saturated heterocycles. The van der Waals surface area contributed by atoms with Gasteiger partial charge in [0.15, 0.2) is 9.84 Å². The van der Waals surface area contributed by atoms with Gasteiger partial charge in [-0.3, -0.25) is 4.79 Å². The standard InChI is InChI=1S/C13H19N3O4S2/c1-8(12(17)14-10-2-3-10)21-13-16-15-11(20-13)6-9-4-5-22(18,19)7-9/h8-10H,2-7H2,1H3,(H,14,17)/t8-,9-/m0/s1. The fourth-order valence-electron chi connectivity index (χ4n) is 2.40. The SMILES string of the molecule is C[C@H](Sc1nnc(C[C@@H]2CCS(=O)(=O)C2)o1)C(=O)NC1CC1. The lowest BCUT2D eigenvalue weighted by molar-refractivity contribution is -0.120. The monoisotopic (exact) mass is 345 g/mol. The predicted molar refractivity (Wildman–Crippen MR) is 81.2 cm³/mol. The van der Waals surface area contributed by atoms with Crippen molar-refractivity contribution in [1.29, 1.82) is 0 Å². The number of thioether (sulfide) groups is 1. The summed E-state index contributed by atoms with van der Waals surface area (Å²) in [5.41, 5.74) is 0. The summed E-state index contributed by atoms with van der Waals surface area (Å²) in [6.07, 6.45) is 3.24. The molecule has 9 heteroatoms. The predicted octanol–water partition coefficient (Wildman–Crippen LogP) is 0.806. The van der Waals surface area contributed by atoms with E-state index >= 15 is 0 Å². The summed E-state index contributed by atoms with van der Waals surface area (Å²) < 4.78 is 28.4. The zero-order chi connectivity index (χ0) is 15.7. The Morgan fingerprint density at radius 3 is 2.82 bits per heavy atom. The highest BCUT2D eigenvalue weighted by Crippen LogP contribution is 2.26. The van der Waals surface area contributed by atoms with Crippen LogP contribution in [0, 0.1) is 5.92 Å². The molecular formula is C13H19N3O4S2. The summed E-state index contributed by atoms with van der Waals surface area (Å²) in [6, 6.07) is 0.332. The highest BCUT2D eigenvalue weighted by atomic mass is 32.2. The smallest absolute Gasteiger partial charge is 0.277 e. The van der Waals surface area contributed by atoms with Crippen LogP contribution in [0.5, 0.6) is 0 Å². The van der Waals surface area contributed by atoms with Gasteiger partial charge in [-0.15, -0.1) is 10.2 Å². The first-order valence-corrected chi connectivity index (χ1v) is 10.1. The molecule has 1 aromatic rings. The quantitative estimate of drug-likeness (QED) is 0.761. The minimum absolute atomic E-state index is 0.0193. The van der Waals surface area contributed by atoms with Crippen molar-refractivity contribution in [2.24, 2.45) is 5.92 Å². The molecule has 7 nitrogen and oxygen atoms in total. The van der Waals surface area contributed by atoms with Crippen molar-refractivity contribution >= 4 is 27.5 Å². The number of carbonyl (C=O) groups is 1. The second-order valence-electron chi connectivity index (χ2n) is 5.98. The lowest BCUT2D eigenvalue weighted by atomic mass is 10.1. The molecule has 2 atom stereocenters. The molecule has 1 N–H and O–H groups in total. The van der Waals surface area contributed by atoms with Crippen LogP contribution in [0.25, 0.3) is 0 Å². The molecule has 2 fully saturated rings. The van der Waals surface area contributed by atoms with Gasteiger partial charge in [-0.05, 0) is 32.1 Å². The first kappa shape index (κ1) is 15.8. The molecule has 0 bridgehead atoms. The molecule has 1 aromatic heterocycles. The molecule has 2 heterocycles. The number of nitrogens with zero attached hydrogens (tertiary/aromatic N) is 2. The van der Waals surface area contributed by atoms with Gasteiger partial charge in [0.25, 0.3) is 5.22 Å². The number of hydrogen-bond donors (Lipinski definition) is 1. The minimum Gasteiger partial charge on any atom is -0.416 e. The Balaban J connectivity index is 1.51. The van der Waals surface area contributed by atoms with E-state index in [1.165, 1.54) is 11.8 Å². The highest BCUT2D eigenvalue weighted by molar-refractivity contribution is 8.00. The maximum Gasteiger partial charge on any atom is 0.277 e. The van der Waals surface area contributed by atoms with Crippen LogP contribution in [0.4, 0.5) is 0 Å². The van der Waals surface area contributed by atoms with Crippen LogP contribution < -0.4 is 5.32 Å². The van der Waals surface area contributed by atoms with Crippen LogP contribution in [-0.2, 0) is 21.1 Å². The van der Waals surface area contributed by atoms with Crippen molar-refractivity contribution in [2.45, 2.75) is 49.1 Å². The van der Waals surface area contributed by atoms with Crippen molar-refractivity contribution in [1.82, 2.24) is 15.5 Å². The minimum atomic E-state index is -2.89. The van der Waals surface area contributed by atoms with Gasteiger partial charge in [-0.2, -0.15) is 0 Å². The van der Waals surface area contributed by atoms with E-state index in [0.29, 0.717) is 30.0 Å². The molecule has 0 radical (unpaired) electrons. The number of rotatable bonds is 6. The molecule has 0 spiro atoms. The lowest BCUT2D eigenvalue weighted by Crippen LogP contribution is -2.32. The second-order valence-corrected chi connectivity index (χ2v) is 9.50. The molecule has 2 aliphatic rings. The molecule has 1 amide bonds. The zero-order valence-corrected chi connectivity index (χ0v) is 14.0. The summed E-state index contributed by atoms with van der Waals surface area (Å²) in [5.74, 6) is 0.913. The fourth-order valence-corrected chi connectivity index (χ4v) is 4.97. The van der Waals surface area contributed by atoms with Crippen molar-refractivity contribution < 1.29 is 17.6 Å². The summed E-state index contributed by atoms with van der Waals surface area (Å²) in [4.78, 5) is 11.9. The Labute approximate surface area is 133 Å². The van der Waals surface area contributed by atoms with Crippen molar-refractivity contribution in [3.05, 3.63) is 5.89 Å². The van der Waals surface area contributed by atoms with E-state index in [1.807, 2.05) is 0 Å². The van der Waals surface area contributed by atoms with Gasteiger partial charge in [0.2, 0.25) is 11.8 Å². The molecule has 0 unspecified atom stereocenters. The van der Waals surface area contributed by atoms with Crippen LogP contribution in [0.15, 0.2) is 9.64 Å². The third kappa shape index (κ3) is 4.22. The second kappa shape index (κ2) is 6.19. The van der Waals surface area contributed by atoms with Crippen LogP contribution in [-0.4, -0.2) is 47.3 Å². The van der Waals surface area contributed by atoms with Crippen LogP contribution >= 0.6 is 11.8 Å². The summed E-state index contributed by atoms with van der Waals surface area (Å²) in [6.45, 7) is 1.80. The summed E-state index contributed by atoms with van der Waals surface area (Å²) >= 11 is 1.23. The molecular weight excluding hydrogens is 326 g/mol. The van der Waals surface area contributed by atoms with Crippen molar-refractivity contribution in [3.63, 3.8) is 0 Å². The topological polar surface area (TPSA) is 102 Å². The van der Waals surface area contributed by atoms with E-state index in [1.54, 1.807) is 6.92 Å². The number of nitrogens with one attached hydrogen (secondary N) is 1. The van der Waals surface area contributed by atoms with E-state index in [2.05, 4.69) is 15.5 Å². The number of sulfone groups is 1. The third-order valence-corrected chi connectivity index (χ3v) is 6.58. The number of amides is 1. The molecule has 122 valence electrons. The van der Waals surface area contributed by atoms with Gasteiger partial charge in [0.1, 0.15) is 0 Å². The van der Waals surface area contributed by atoms with Crippen molar-refractivity contribution in [3.8, 4) is 0 Å². The van der Waals surface area contributed by atoms with Crippen LogP contribution in [0.2, 0.25) is 0 Å². The lowest BCUT2D eigenvalue weighted by Gasteiger charge is -2.08. The zero-order valence-electron chi connectivity index (χ0n) is 12.3. The third-order valence-electron chi connectivity index (χ3n) is 3.81. The average molecular weight is 345 g/mol. The maximum absolute atomic E-state index is 11.9. The average Bonchev–Trinajstić information content (AvgIpc) is 3.04. The number of carbonyl (C=O) groups excluding carboxylic acids is 1. The first-order chi connectivity index (χ1) is 10.4. The largest absolute Gasteiger partial charge is 0.416 e. The Kier molecular flexibility index (Phi) is 4.44. The van der Waals surface area contributed by atoms with E-state index < -0.39 is 9.84 Å². The van der Waals surface area contributed by atoms with Gasteiger partial charge in [0, 0.05) is 12.5 Å². The molecule has 1 aliphatic carbocycles. The number of hydrogen-bond acceptors (Lipinski definition) is 7. The van der Waals surface area contributed by atoms with Crippen molar-refractivity contribution in [2.75, 3.05) is 11.5 Å². The summed E-state index contributed by atoms with van der Waals surface area (Å²) in [5, 5.41) is 10.9. The van der Waals surface area contributed by atoms with Crippen LogP contribution in [0.3, 0.4) is 0 Å². The molecule has 1 aliphatic heterocycles. The highest BCUT2D eigenvalue weighted by Gasteiger charge is 2.30. The maximum atomic E-state index is 11.9. The van der Waals surface area contributed by atoms with Gasteiger partial charge in [-0.1, -0.05) is 11.8 Å². The van der Waals surface area contributed by atoms with Gasteiger partial charge < -0.3 is 9.73 Å². The number of aromatic nitrogens is 2. The molecule has 22 heavy (non-hydrogen) atoms. The van der Waals surface area contributed by atoms with Gasteiger partial charge >= 0.3 is 0 Å². The van der Waals surface area contributed by atoms with Gasteiger partial charge in [0.05, 0.1) is 16.8 Å². The van der Waals surface area contributed by atoms with E-state index in [-0.39, 0.29) is 28.6 Å². The van der Waals surface area contributed by atoms with Gasteiger partial charge in [-0.25, -0.2) is 8.42 Å². The fraction of sp³-hybridized carbons (Fsp3) is 0.769. The van der Waals surface area contributed by atoms with E-state index in [9.17, 15) is 13.2 Å². The Morgan fingerprint density at radius 2 is 2.18 bits per heavy atom. The molecule has 0 aromatic carbocycles. The Bertz CT molecular complexity index is 654. The normalized spacial score (nSPS) is 25.0. The summed E-state index contributed by atoms with van der Waals surface area (Å²) in [7, 11) is -2.89. The van der Waals surface area contributed by atoms with E-state index in [4.69, 9.17) is 4.42 Å². The molecule has 1 saturated carbocycles. The van der Waals surface area contributed by atoms with E-state index in [0.717, 1.165) is 12.8 Å². The Hall–Kier alpha value is -1.09. The Morgan fingerprint density at radius 1 is 1.41 bits per heavy atom. The molecule has 3 rings (SSSR count). The van der Waals surface area contributed by atoms with Crippen LogP contribution in [0.1, 0.15) is 32.1 Å².